The molecule has 26 heavy (non-hydrogen) atoms. The fraction of sp³-hybridized carbons (Fsp3) is 0.250. The molecule has 1 amide bonds. The van der Waals surface area contributed by atoms with E-state index in [9.17, 15) is 14.9 Å². The molecule has 1 aromatic heterocycles. The molecular weight excluding hydrogens is 493 g/mol. The van der Waals surface area contributed by atoms with E-state index in [-0.39, 0.29) is 11.6 Å². The second-order valence-electron chi connectivity index (χ2n) is 6.04. The average molecular weight is 506 g/mol. The minimum Gasteiger partial charge on any atom is -0.455 e. The number of amides is 1. The van der Waals surface area contributed by atoms with Crippen molar-refractivity contribution in [2.45, 2.75) is 16.6 Å². The molecule has 0 bridgehead atoms. The topological polar surface area (TPSA) is 97.7 Å². The smallest absolute Gasteiger partial charge is 0.270 e. The summed E-state index contributed by atoms with van der Waals surface area (Å²) in [6.45, 7) is 1.82. The predicted octanol–water partition coefficient (Wildman–Crippen LogP) is 4.85. The van der Waals surface area contributed by atoms with Crippen LogP contribution in [0.4, 0.5) is 5.69 Å². The lowest BCUT2D eigenvalue weighted by Crippen LogP contribution is -2.29. The lowest BCUT2D eigenvalue weighted by molar-refractivity contribution is -0.384. The first-order chi connectivity index (χ1) is 12.1. The van der Waals surface area contributed by atoms with Crippen LogP contribution in [0.1, 0.15) is 19.1 Å². The quantitative estimate of drug-likeness (QED) is 0.272. The number of nitrogens with one attached hydrogen (secondary N) is 1. The van der Waals surface area contributed by atoms with Crippen LogP contribution in [0.3, 0.4) is 0 Å². The summed E-state index contributed by atoms with van der Waals surface area (Å²) < 4.78 is 5.18. The molecule has 1 aliphatic carbocycles. The number of furan rings is 1. The summed E-state index contributed by atoms with van der Waals surface area (Å²) >= 11 is 12.9. The van der Waals surface area contributed by atoms with Crippen molar-refractivity contribution in [3.05, 3.63) is 51.2 Å². The van der Waals surface area contributed by atoms with Gasteiger partial charge in [-0.25, -0.2) is 5.43 Å². The molecule has 1 fully saturated rings. The number of nitrogens with zero attached hydrogens (tertiary/aromatic N) is 2. The number of hydrogen-bond donors (Lipinski definition) is 1. The molecular formula is C16H12Br2ClN3O4. The first kappa shape index (κ1) is 19.1. The van der Waals surface area contributed by atoms with Crippen LogP contribution < -0.4 is 5.43 Å². The number of carbonyl (C=O) groups is 1. The Balaban J connectivity index is 1.72. The second-order valence-corrected chi connectivity index (χ2v) is 10.2. The van der Waals surface area contributed by atoms with Gasteiger partial charge in [0.15, 0.2) is 0 Å². The normalized spacial score (nSPS) is 20.9. The van der Waals surface area contributed by atoms with Crippen molar-refractivity contribution in [2.24, 2.45) is 10.5 Å². The van der Waals surface area contributed by atoms with Crippen LogP contribution >= 0.6 is 43.5 Å². The third-order valence-electron chi connectivity index (χ3n) is 4.17. The molecule has 1 saturated carbocycles. The zero-order valence-corrected chi connectivity index (χ0v) is 17.3. The maximum atomic E-state index is 12.1. The zero-order valence-electron chi connectivity index (χ0n) is 13.3. The summed E-state index contributed by atoms with van der Waals surface area (Å²) in [6.07, 6.45) is 2.00. The Morgan fingerprint density at radius 3 is 2.73 bits per heavy atom. The van der Waals surface area contributed by atoms with Crippen LogP contribution in [0.25, 0.3) is 11.3 Å². The number of nitro benzene ring substituents is 1. The van der Waals surface area contributed by atoms with Crippen molar-refractivity contribution in [1.29, 1.82) is 0 Å². The number of alkyl halides is 2. The molecule has 136 valence electrons. The molecule has 7 nitrogen and oxygen atoms in total. The van der Waals surface area contributed by atoms with E-state index in [1.165, 1.54) is 24.4 Å². The van der Waals surface area contributed by atoms with E-state index in [2.05, 4.69) is 42.4 Å². The number of halogens is 3. The first-order valence-corrected chi connectivity index (χ1v) is 9.36. The maximum Gasteiger partial charge on any atom is 0.270 e. The van der Waals surface area contributed by atoms with Gasteiger partial charge in [0.1, 0.15) is 11.5 Å². The van der Waals surface area contributed by atoms with Gasteiger partial charge in [-0.2, -0.15) is 5.10 Å². The number of nitro groups is 1. The molecule has 0 aliphatic heterocycles. The first-order valence-electron chi connectivity index (χ1n) is 7.39. The van der Waals surface area contributed by atoms with Gasteiger partial charge in [0.05, 0.1) is 24.8 Å². The number of carbonyl (C=O) groups excluding carboxylic acids is 1. The van der Waals surface area contributed by atoms with Crippen LogP contribution in [0.15, 0.2) is 39.9 Å². The Kier molecular flexibility index (Phi) is 4.98. The summed E-state index contributed by atoms with van der Waals surface area (Å²) in [6, 6.07) is 7.34. The van der Waals surface area contributed by atoms with Gasteiger partial charge < -0.3 is 4.42 Å². The lowest BCUT2D eigenvalue weighted by atomic mass is 10.1. The SMILES string of the molecule is C[C@]1(C(=O)N/N=C\c2ccc(-c3cc([N+](=O)[O-])ccc3Cl)o2)CC1(Br)Br. The van der Waals surface area contributed by atoms with E-state index in [1.54, 1.807) is 12.1 Å². The largest absolute Gasteiger partial charge is 0.455 e. The predicted molar refractivity (Wildman–Crippen MR) is 105 cm³/mol. The molecule has 0 spiro atoms. The Bertz CT molecular complexity index is 928. The number of rotatable bonds is 5. The van der Waals surface area contributed by atoms with Crippen molar-refractivity contribution < 1.29 is 14.1 Å². The molecule has 3 rings (SSSR count). The van der Waals surface area contributed by atoms with Crippen LogP contribution in [0.2, 0.25) is 5.02 Å². The van der Waals surface area contributed by atoms with Crippen LogP contribution in [-0.4, -0.2) is 20.3 Å². The fourth-order valence-electron chi connectivity index (χ4n) is 2.31. The molecule has 0 saturated heterocycles. The molecule has 10 heteroatoms. The van der Waals surface area contributed by atoms with Gasteiger partial charge in [-0.3, -0.25) is 14.9 Å². The van der Waals surface area contributed by atoms with E-state index in [1.807, 2.05) is 6.92 Å². The molecule has 0 unspecified atom stereocenters. The number of hydrazone groups is 1. The van der Waals surface area contributed by atoms with Gasteiger partial charge in [0.2, 0.25) is 5.91 Å². The standard InChI is InChI=1S/C16H12Br2ClN3O4/c1-15(8-16(15,17)18)14(23)21-20-7-10-3-5-13(26-10)11-6-9(22(24)25)2-4-12(11)19/h2-7H,8H2,1H3,(H,21,23)/b20-7-/t15-/m1/s1. The van der Waals surface area contributed by atoms with E-state index in [4.69, 9.17) is 16.0 Å². The minimum absolute atomic E-state index is 0.0889. The molecule has 0 radical (unpaired) electrons. The van der Waals surface area contributed by atoms with Gasteiger partial charge in [-0.1, -0.05) is 43.5 Å². The molecule has 1 aromatic carbocycles. The summed E-state index contributed by atoms with van der Waals surface area (Å²) in [4.78, 5) is 22.5. The Morgan fingerprint density at radius 2 is 2.12 bits per heavy atom. The Hall–Kier alpha value is -1.71. The van der Waals surface area contributed by atoms with Crippen molar-refractivity contribution in [3.8, 4) is 11.3 Å². The van der Waals surface area contributed by atoms with E-state index in [0.29, 0.717) is 28.5 Å². The molecule has 1 N–H and O–H groups in total. The fourth-order valence-corrected chi connectivity index (χ4v) is 4.00. The highest BCUT2D eigenvalue weighted by molar-refractivity contribution is 9.25. The monoisotopic (exact) mass is 503 g/mol. The van der Waals surface area contributed by atoms with Gasteiger partial charge in [-0.05, 0) is 31.5 Å². The highest BCUT2D eigenvalue weighted by Crippen LogP contribution is 2.66. The number of non-ortho nitro benzene ring substituents is 1. The molecule has 1 aliphatic rings. The summed E-state index contributed by atoms with van der Waals surface area (Å²) in [5, 5.41) is 15.1. The van der Waals surface area contributed by atoms with E-state index in [0.717, 1.165) is 0 Å². The maximum absolute atomic E-state index is 12.1. The number of hydrogen-bond acceptors (Lipinski definition) is 5. The Morgan fingerprint density at radius 1 is 1.42 bits per heavy atom. The third-order valence-corrected chi connectivity index (χ3v) is 6.81. The zero-order chi connectivity index (χ0) is 19.1. The van der Waals surface area contributed by atoms with Gasteiger partial charge in [0.25, 0.3) is 5.69 Å². The van der Waals surface area contributed by atoms with Crippen molar-refractivity contribution >= 4 is 61.3 Å². The van der Waals surface area contributed by atoms with E-state index >= 15 is 0 Å². The Labute approximate surface area is 170 Å². The van der Waals surface area contributed by atoms with Crippen molar-refractivity contribution in [2.75, 3.05) is 0 Å². The van der Waals surface area contributed by atoms with Gasteiger partial charge >= 0.3 is 0 Å². The van der Waals surface area contributed by atoms with Gasteiger partial charge in [0, 0.05) is 17.7 Å². The van der Waals surface area contributed by atoms with Crippen molar-refractivity contribution in [3.63, 3.8) is 0 Å². The highest BCUT2D eigenvalue weighted by Gasteiger charge is 2.66. The van der Waals surface area contributed by atoms with E-state index < -0.39 is 13.6 Å². The van der Waals surface area contributed by atoms with Crippen molar-refractivity contribution in [1.82, 2.24) is 5.43 Å². The summed E-state index contributed by atoms with van der Waals surface area (Å²) in [5.74, 6) is 0.504. The number of benzene rings is 1. The summed E-state index contributed by atoms with van der Waals surface area (Å²) in [5.41, 5.74) is 2.21. The molecule has 2 aromatic rings. The lowest BCUT2D eigenvalue weighted by Gasteiger charge is -2.09. The van der Waals surface area contributed by atoms with Crippen LogP contribution in [0, 0.1) is 15.5 Å². The average Bonchev–Trinajstić information content (AvgIpc) is 2.91. The second kappa shape index (κ2) is 6.79. The molecule has 1 atom stereocenters. The minimum atomic E-state index is -0.574. The van der Waals surface area contributed by atoms with Crippen LogP contribution in [0.5, 0.6) is 0 Å². The molecule has 1 heterocycles. The highest BCUT2D eigenvalue weighted by atomic mass is 79.9. The van der Waals surface area contributed by atoms with Gasteiger partial charge in [-0.15, -0.1) is 0 Å². The summed E-state index contributed by atoms with van der Waals surface area (Å²) in [7, 11) is 0. The van der Waals surface area contributed by atoms with Crippen LogP contribution in [-0.2, 0) is 4.79 Å². The third kappa shape index (κ3) is 3.56.